The number of nitrogens with zero attached hydrogens (tertiary/aromatic N) is 4. The number of halogens is 3. The second-order valence-electron chi connectivity index (χ2n) is 7.92. The summed E-state index contributed by atoms with van der Waals surface area (Å²) >= 11 is 0. The first-order valence-electron chi connectivity index (χ1n) is 10.0. The predicted octanol–water partition coefficient (Wildman–Crippen LogP) is 3.68. The zero-order chi connectivity index (χ0) is 22.6. The number of alkyl halides is 3. The van der Waals surface area contributed by atoms with E-state index in [0.29, 0.717) is 30.0 Å². The fourth-order valence-corrected chi connectivity index (χ4v) is 3.49. The van der Waals surface area contributed by atoms with Gasteiger partial charge in [-0.1, -0.05) is 0 Å². The van der Waals surface area contributed by atoms with Crippen molar-refractivity contribution in [1.82, 2.24) is 25.0 Å². The number of carbonyl (C=O) groups is 1. The van der Waals surface area contributed by atoms with Crippen molar-refractivity contribution < 1.29 is 18.0 Å². The summed E-state index contributed by atoms with van der Waals surface area (Å²) in [4.78, 5) is 18.6. The maximum Gasteiger partial charge on any atom is 0.417 e. The SMILES string of the molecule is Cc1nn(-c2ccc(C(F)(F)F)cn2)c(C)c1CC(=O)NCCN(C(C)C)C(C)C. The van der Waals surface area contributed by atoms with Gasteiger partial charge in [0.1, 0.15) is 0 Å². The van der Waals surface area contributed by atoms with E-state index in [1.807, 2.05) is 0 Å². The molecule has 30 heavy (non-hydrogen) atoms. The zero-order valence-electron chi connectivity index (χ0n) is 18.3. The largest absolute Gasteiger partial charge is 0.417 e. The maximum absolute atomic E-state index is 12.7. The second-order valence-corrected chi connectivity index (χ2v) is 7.92. The molecule has 0 atom stereocenters. The summed E-state index contributed by atoms with van der Waals surface area (Å²) in [5.74, 6) is 0.161. The van der Waals surface area contributed by atoms with Crippen LogP contribution in [0.15, 0.2) is 18.3 Å². The van der Waals surface area contributed by atoms with Gasteiger partial charge < -0.3 is 5.32 Å². The van der Waals surface area contributed by atoms with Crippen LogP contribution in [-0.4, -0.2) is 50.7 Å². The fraction of sp³-hybridized carbons (Fsp3) is 0.571. The van der Waals surface area contributed by atoms with Crippen LogP contribution in [0.1, 0.15) is 50.2 Å². The van der Waals surface area contributed by atoms with Gasteiger partial charge in [-0.15, -0.1) is 0 Å². The lowest BCUT2D eigenvalue weighted by Crippen LogP contribution is -2.42. The highest BCUT2D eigenvalue weighted by atomic mass is 19.4. The predicted molar refractivity (Wildman–Crippen MR) is 110 cm³/mol. The van der Waals surface area contributed by atoms with Crippen LogP contribution in [0.5, 0.6) is 0 Å². The quantitative estimate of drug-likeness (QED) is 0.701. The highest BCUT2D eigenvalue weighted by Gasteiger charge is 2.31. The monoisotopic (exact) mass is 425 g/mol. The Hall–Kier alpha value is -2.42. The molecule has 6 nitrogen and oxygen atoms in total. The summed E-state index contributed by atoms with van der Waals surface area (Å²) in [6.07, 6.45) is -3.50. The number of carbonyl (C=O) groups excluding carboxylic acids is 1. The molecule has 0 unspecified atom stereocenters. The molecule has 0 saturated heterocycles. The average Bonchev–Trinajstić information content (AvgIpc) is 2.92. The van der Waals surface area contributed by atoms with Gasteiger partial charge in [0, 0.05) is 42.6 Å². The summed E-state index contributed by atoms with van der Waals surface area (Å²) in [6, 6.07) is 3.03. The molecule has 1 amide bonds. The Morgan fingerprint density at radius 1 is 1.17 bits per heavy atom. The highest BCUT2D eigenvalue weighted by Crippen LogP contribution is 2.29. The number of nitrogens with one attached hydrogen (secondary N) is 1. The van der Waals surface area contributed by atoms with Crippen LogP contribution in [-0.2, 0) is 17.4 Å². The van der Waals surface area contributed by atoms with Crippen LogP contribution in [0.2, 0.25) is 0 Å². The first kappa shape index (κ1) is 23.9. The van der Waals surface area contributed by atoms with Gasteiger partial charge in [-0.05, 0) is 53.7 Å². The van der Waals surface area contributed by atoms with E-state index >= 15 is 0 Å². The Labute approximate surface area is 175 Å². The summed E-state index contributed by atoms with van der Waals surface area (Å²) in [5.41, 5.74) is 1.26. The van der Waals surface area contributed by atoms with Gasteiger partial charge in [-0.25, -0.2) is 9.67 Å². The molecule has 166 valence electrons. The fourth-order valence-electron chi connectivity index (χ4n) is 3.49. The molecule has 0 aliphatic rings. The third-order valence-corrected chi connectivity index (χ3v) is 5.09. The van der Waals surface area contributed by atoms with E-state index in [1.165, 1.54) is 10.7 Å². The van der Waals surface area contributed by atoms with E-state index < -0.39 is 11.7 Å². The van der Waals surface area contributed by atoms with E-state index in [4.69, 9.17) is 0 Å². The zero-order valence-corrected chi connectivity index (χ0v) is 18.3. The molecule has 2 rings (SSSR count). The van der Waals surface area contributed by atoms with Crippen LogP contribution in [0.3, 0.4) is 0 Å². The lowest BCUT2D eigenvalue weighted by Gasteiger charge is -2.30. The van der Waals surface area contributed by atoms with Crippen LogP contribution >= 0.6 is 0 Å². The molecule has 2 aromatic rings. The minimum atomic E-state index is -4.44. The third-order valence-electron chi connectivity index (χ3n) is 5.09. The van der Waals surface area contributed by atoms with Gasteiger partial charge in [-0.3, -0.25) is 9.69 Å². The average molecular weight is 425 g/mol. The molecule has 0 saturated carbocycles. The van der Waals surface area contributed by atoms with E-state index in [0.717, 1.165) is 24.4 Å². The lowest BCUT2D eigenvalue weighted by atomic mass is 10.1. The second kappa shape index (κ2) is 9.59. The van der Waals surface area contributed by atoms with Crippen molar-refractivity contribution >= 4 is 5.91 Å². The summed E-state index contributed by atoms with van der Waals surface area (Å²) in [5, 5.41) is 7.31. The Kier molecular flexibility index (Phi) is 7.63. The number of aromatic nitrogens is 3. The Bertz CT molecular complexity index is 849. The van der Waals surface area contributed by atoms with Crippen LogP contribution < -0.4 is 5.32 Å². The standard InChI is InChI=1S/C21H30F3N5O/c1-13(2)28(14(3)4)10-9-25-20(30)11-18-15(5)27-29(16(18)6)19-8-7-17(12-26-19)21(22,23)24/h7-8,12-14H,9-11H2,1-6H3,(H,25,30). The smallest absolute Gasteiger partial charge is 0.355 e. The molecule has 0 bridgehead atoms. The van der Waals surface area contributed by atoms with Crippen molar-refractivity contribution in [3.05, 3.63) is 40.8 Å². The molecule has 0 aromatic carbocycles. The van der Waals surface area contributed by atoms with Gasteiger partial charge in [0.2, 0.25) is 5.91 Å². The van der Waals surface area contributed by atoms with Gasteiger partial charge in [-0.2, -0.15) is 18.3 Å². The number of amides is 1. The van der Waals surface area contributed by atoms with Gasteiger partial charge >= 0.3 is 6.18 Å². The van der Waals surface area contributed by atoms with Crippen molar-refractivity contribution in [3.63, 3.8) is 0 Å². The van der Waals surface area contributed by atoms with E-state index in [2.05, 4.69) is 48.0 Å². The first-order chi connectivity index (χ1) is 13.9. The summed E-state index contributed by atoms with van der Waals surface area (Å²) in [6.45, 7) is 13.3. The molecule has 0 radical (unpaired) electrons. The molecule has 1 N–H and O–H groups in total. The molecule has 0 aliphatic heterocycles. The number of aryl methyl sites for hydroxylation is 1. The van der Waals surface area contributed by atoms with E-state index in [9.17, 15) is 18.0 Å². The molecular formula is C21H30F3N5O. The van der Waals surface area contributed by atoms with Gasteiger partial charge in [0.25, 0.3) is 0 Å². The van der Waals surface area contributed by atoms with Crippen molar-refractivity contribution in [2.75, 3.05) is 13.1 Å². The number of rotatable bonds is 8. The minimum absolute atomic E-state index is 0.117. The van der Waals surface area contributed by atoms with E-state index in [1.54, 1.807) is 13.8 Å². The van der Waals surface area contributed by atoms with Crippen LogP contribution in [0.25, 0.3) is 5.82 Å². The Morgan fingerprint density at radius 2 is 1.80 bits per heavy atom. The summed E-state index contributed by atoms with van der Waals surface area (Å²) < 4.78 is 39.7. The maximum atomic E-state index is 12.7. The number of hydrogen-bond acceptors (Lipinski definition) is 4. The molecule has 2 heterocycles. The van der Waals surface area contributed by atoms with Crippen molar-refractivity contribution in [2.45, 2.75) is 66.2 Å². The lowest BCUT2D eigenvalue weighted by molar-refractivity contribution is -0.137. The molecule has 0 aliphatic carbocycles. The minimum Gasteiger partial charge on any atom is -0.355 e. The topological polar surface area (TPSA) is 63.1 Å². The van der Waals surface area contributed by atoms with Gasteiger partial charge in [0.15, 0.2) is 5.82 Å². The Morgan fingerprint density at radius 3 is 2.30 bits per heavy atom. The number of pyridine rings is 1. The molecule has 0 fully saturated rings. The summed E-state index contributed by atoms with van der Waals surface area (Å²) in [7, 11) is 0. The van der Waals surface area contributed by atoms with E-state index in [-0.39, 0.29) is 18.1 Å². The first-order valence-corrected chi connectivity index (χ1v) is 10.0. The molecular weight excluding hydrogens is 395 g/mol. The van der Waals surface area contributed by atoms with Crippen molar-refractivity contribution in [3.8, 4) is 5.82 Å². The molecule has 9 heteroatoms. The molecule has 2 aromatic heterocycles. The third kappa shape index (κ3) is 5.81. The number of hydrogen-bond donors (Lipinski definition) is 1. The van der Waals surface area contributed by atoms with Crippen molar-refractivity contribution in [1.29, 1.82) is 0 Å². The highest BCUT2D eigenvalue weighted by molar-refractivity contribution is 5.79. The van der Waals surface area contributed by atoms with Crippen molar-refractivity contribution in [2.24, 2.45) is 0 Å². The Balaban J connectivity index is 2.06. The van der Waals surface area contributed by atoms with Gasteiger partial charge in [0.05, 0.1) is 17.7 Å². The van der Waals surface area contributed by atoms with Crippen LogP contribution in [0, 0.1) is 13.8 Å². The normalized spacial score (nSPS) is 12.3. The molecule has 0 spiro atoms. The van der Waals surface area contributed by atoms with Crippen LogP contribution in [0.4, 0.5) is 13.2 Å².